The smallest absolute Gasteiger partial charge is 0.229 e. The van der Waals surface area contributed by atoms with Gasteiger partial charge in [-0.05, 0) is 44.0 Å². The second kappa shape index (κ2) is 9.83. The van der Waals surface area contributed by atoms with Gasteiger partial charge in [0.2, 0.25) is 5.91 Å². The van der Waals surface area contributed by atoms with E-state index in [1.807, 2.05) is 25.1 Å². The lowest BCUT2D eigenvalue weighted by atomic mass is 9.97. The van der Waals surface area contributed by atoms with Crippen molar-refractivity contribution in [2.24, 2.45) is 5.92 Å². The quantitative estimate of drug-likeness (QED) is 0.505. The molecule has 4 rings (SSSR count). The largest absolute Gasteiger partial charge is 0.495 e. The number of methoxy groups -OCH3 is 2. The van der Waals surface area contributed by atoms with Gasteiger partial charge in [0, 0.05) is 19.2 Å². The van der Waals surface area contributed by atoms with Gasteiger partial charge in [0.1, 0.15) is 17.2 Å². The second-order valence-electron chi connectivity index (χ2n) is 7.52. The van der Waals surface area contributed by atoms with Crippen LogP contribution in [0.15, 0.2) is 30.3 Å². The Bertz CT molecular complexity index is 1120. The second-order valence-corrected chi connectivity index (χ2v) is 8.94. The van der Waals surface area contributed by atoms with E-state index < -0.39 is 0 Å². The van der Waals surface area contributed by atoms with Crippen molar-refractivity contribution < 1.29 is 19.0 Å². The molecule has 1 atom stereocenters. The summed E-state index contributed by atoms with van der Waals surface area (Å²) >= 11 is 7.87. The summed E-state index contributed by atoms with van der Waals surface area (Å²) in [5, 5.41) is 4.32. The molecule has 1 fully saturated rings. The molecule has 32 heavy (non-hydrogen) atoms. The molecular formula is C23H26ClN3O4S. The fourth-order valence-electron chi connectivity index (χ4n) is 3.84. The molecule has 0 aliphatic carbocycles. The lowest BCUT2D eigenvalue weighted by molar-refractivity contribution is -0.120. The van der Waals surface area contributed by atoms with E-state index in [1.54, 1.807) is 30.6 Å². The number of ether oxygens (including phenoxy) is 3. The van der Waals surface area contributed by atoms with E-state index in [0.29, 0.717) is 35.4 Å². The maximum absolute atomic E-state index is 13.1. The maximum Gasteiger partial charge on any atom is 0.229 e. The summed E-state index contributed by atoms with van der Waals surface area (Å²) in [7, 11) is 3.08. The number of rotatable bonds is 7. The number of thiazole rings is 1. The van der Waals surface area contributed by atoms with Crippen molar-refractivity contribution >= 4 is 49.9 Å². The summed E-state index contributed by atoms with van der Waals surface area (Å²) in [4.78, 5) is 20.0. The number of hydrogen-bond donors (Lipinski definition) is 1. The Hall–Kier alpha value is -2.71. The van der Waals surface area contributed by atoms with Gasteiger partial charge in [0.05, 0.1) is 47.7 Å². The van der Waals surface area contributed by atoms with Crippen LogP contribution in [0, 0.1) is 5.92 Å². The highest BCUT2D eigenvalue weighted by Crippen LogP contribution is 2.37. The lowest BCUT2D eigenvalue weighted by Gasteiger charge is -2.31. The molecule has 1 aromatic heterocycles. The van der Waals surface area contributed by atoms with Crippen LogP contribution in [-0.2, 0) is 4.79 Å². The summed E-state index contributed by atoms with van der Waals surface area (Å²) in [6.07, 6.45) is 1.73. The van der Waals surface area contributed by atoms with Gasteiger partial charge in [-0.15, -0.1) is 0 Å². The highest BCUT2D eigenvalue weighted by Gasteiger charge is 2.28. The summed E-state index contributed by atoms with van der Waals surface area (Å²) in [6, 6.07) is 9.27. The molecule has 2 heterocycles. The molecule has 1 N–H and O–H groups in total. The van der Waals surface area contributed by atoms with Crippen LogP contribution in [0.3, 0.4) is 0 Å². The molecule has 0 bridgehead atoms. The number of nitrogens with zero attached hydrogens (tertiary/aromatic N) is 2. The van der Waals surface area contributed by atoms with Crippen molar-refractivity contribution in [3.63, 3.8) is 0 Å². The average Bonchev–Trinajstić information content (AvgIpc) is 3.23. The maximum atomic E-state index is 13.1. The average molecular weight is 476 g/mol. The molecule has 9 heteroatoms. The van der Waals surface area contributed by atoms with Crippen LogP contribution in [0.4, 0.5) is 10.8 Å². The fourth-order valence-corrected chi connectivity index (χ4v) is 5.11. The molecule has 1 saturated heterocycles. The molecule has 0 spiro atoms. The monoisotopic (exact) mass is 475 g/mol. The minimum absolute atomic E-state index is 0.0611. The summed E-state index contributed by atoms with van der Waals surface area (Å²) in [5.41, 5.74) is 1.47. The Kier molecular flexibility index (Phi) is 6.91. The van der Waals surface area contributed by atoms with Gasteiger partial charge < -0.3 is 24.4 Å². The first-order valence-corrected chi connectivity index (χ1v) is 11.7. The van der Waals surface area contributed by atoms with Gasteiger partial charge in [0.25, 0.3) is 0 Å². The standard InChI is InChI=1S/C23H26ClN3O4S/c1-4-31-15-7-8-17-21(10-15)32-23(26-17)27-9-5-6-14(13-27)22(28)25-18-11-16(24)19(29-2)12-20(18)30-3/h7-8,10-12,14H,4-6,9,13H2,1-3H3,(H,25,28)/t14-/m0/s1. The van der Waals surface area contributed by atoms with E-state index in [-0.39, 0.29) is 11.8 Å². The molecule has 0 saturated carbocycles. The highest BCUT2D eigenvalue weighted by atomic mass is 35.5. The number of fused-ring (bicyclic) bond motifs is 1. The zero-order chi connectivity index (χ0) is 22.7. The number of piperidine rings is 1. The Morgan fingerprint density at radius 3 is 2.81 bits per heavy atom. The van der Waals surface area contributed by atoms with Gasteiger partial charge in [0.15, 0.2) is 5.13 Å². The van der Waals surface area contributed by atoms with Crippen molar-refractivity contribution in [1.29, 1.82) is 0 Å². The van der Waals surface area contributed by atoms with Crippen molar-refractivity contribution in [3.8, 4) is 17.2 Å². The summed E-state index contributed by atoms with van der Waals surface area (Å²) in [6.45, 7) is 4.08. The minimum atomic E-state index is -0.166. The third-order valence-electron chi connectivity index (χ3n) is 5.45. The van der Waals surface area contributed by atoms with Crippen LogP contribution >= 0.6 is 22.9 Å². The molecule has 1 amide bonds. The first-order valence-electron chi connectivity index (χ1n) is 10.5. The fraction of sp³-hybridized carbons (Fsp3) is 0.391. The topological polar surface area (TPSA) is 72.9 Å². The van der Waals surface area contributed by atoms with Crippen LogP contribution in [0.25, 0.3) is 10.2 Å². The van der Waals surface area contributed by atoms with Crippen molar-refractivity contribution in [3.05, 3.63) is 35.4 Å². The van der Waals surface area contributed by atoms with Crippen LogP contribution in [0.5, 0.6) is 17.2 Å². The van der Waals surface area contributed by atoms with Gasteiger partial charge in [-0.2, -0.15) is 0 Å². The SMILES string of the molecule is CCOc1ccc2nc(N3CCC[C@H](C(=O)Nc4cc(Cl)c(OC)cc4OC)C3)sc2c1. The summed E-state index contributed by atoms with van der Waals surface area (Å²) < 4.78 is 17.3. The number of halogens is 1. The highest BCUT2D eigenvalue weighted by molar-refractivity contribution is 7.22. The first-order chi connectivity index (χ1) is 15.5. The molecule has 0 unspecified atom stereocenters. The van der Waals surface area contributed by atoms with Gasteiger partial charge in [-0.3, -0.25) is 4.79 Å². The molecule has 0 radical (unpaired) electrons. The lowest BCUT2D eigenvalue weighted by Crippen LogP contribution is -2.40. The van der Waals surface area contributed by atoms with Crippen LogP contribution < -0.4 is 24.4 Å². The van der Waals surface area contributed by atoms with E-state index in [1.165, 1.54) is 7.11 Å². The zero-order valence-electron chi connectivity index (χ0n) is 18.3. The molecule has 1 aliphatic rings. The third kappa shape index (κ3) is 4.71. The van der Waals surface area contributed by atoms with Crippen molar-refractivity contribution in [1.82, 2.24) is 4.98 Å². The molecule has 7 nitrogen and oxygen atoms in total. The molecule has 170 valence electrons. The van der Waals surface area contributed by atoms with Gasteiger partial charge in [-0.25, -0.2) is 4.98 Å². The number of anilines is 2. The predicted octanol–water partition coefficient (Wildman–Crippen LogP) is 5.22. The van der Waals surface area contributed by atoms with Gasteiger partial charge in [-0.1, -0.05) is 22.9 Å². The number of amides is 1. The number of benzene rings is 2. The normalized spacial score (nSPS) is 16.1. The minimum Gasteiger partial charge on any atom is -0.495 e. The first kappa shape index (κ1) is 22.5. The van der Waals surface area contributed by atoms with E-state index >= 15 is 0 Å². The molecule has 2 aromatic carbocycles. The Morgan fingerprint density at radius 1 is 1.25 bits per heavy atom. The van der Waals surface area contributed by atoms with Crippen LogP contribution in [0.2, 0.25) is 5.02 Å². The molecule has 3 aromatic rings. The molecular weight excluding hydrogens is 450 g/mol. The van der Waals surface area contributed by atoms with E-state index in [0.717, 1.165) is 40.5 Å². The Balaban J connectivity index is 1.49. The van der Waals surface area contributed by atoms with Crippen molar-refractivity contribution in [2.75, 3.05) is 44.1 Å². The zero-order valence-corrected chi connectivity index (χ0v) is 19.9. The molecule has 1 aliphatic heterocycles. The number of nitrogens with one attached hydrogen (secondary N) is 1. The third-order valence-corrected chi connectivity index (χ3v) is 6.83. The van der Waals surface area contributed by atoms with E-state index in [9.17, 15) is 4.79 Å². The predicted molar refractivity (Wildman–Crippen MR) is 129 cm³/mol. The summed E-state index contributed by atoms with van der Waals surface area (Å²) in [5.74, 6) is 1.62. The number of carbonyl (C=O) groups excluding carboxylic acids is 1. The van der Waals surface area contributed by atoms with Crippen LogP contribution in [-0.4, -0.2) is 44.8 Å². The Labute approximate surface area is 196 Å². The van der Waals surface area contributed by atoms with Crippen LogP contribution in [0.1, 0.15) is 19.8 Å². The Morgan fingerprint density at radius 2 is 2.06 bits per heavy atom. The number of carbonyl (C=O) groups is 1. The van der Waals surface area contributed by atoms with E-state index in [2.05, 4.69) is 10.2 Å². The van der Waals surface area contributed by atoms with E-state index in [4.69, 9.17) is 30.8 Å². The number of aromatic nitrogens is 1. The van der Waals surface area contributed by atoms with Gasteiger partial charge >= 0.3 is 0 Å². The van der Waals surface area contributed by atoms with Crippen molar-refractivity contribution in [2.45, 2.75) is 19.8 Å². The number of hydrogen-bond acceptors (Lipinski definition) is 7.